The third-order valence-electron chi connectivity index (χ3n) is 4.70. The van der Waals surface area contributed by atoms with Crippen LogP contribution in [0.4, 0.5) is 5.69 Å². The molecule has 1 fully saturated rings. The Morgan fingerprint density at radius 1 is 1.29 bits per heavy atom. The number of rotatable bonds is 6. The summed E-state index contributed by atoms with van der Waals surface area (Å²) in [6.45, 7) is 6.24. The second-order valence-electron chi connectivity index (χ2n) is 6.90. The van der Waals surface area contributed by atoms with Gasteiger partial charge in [-0.2, -0.15) is 0 Å². The molecule has 150 valence electrons. The number of carbonyl (C=O) groups is 2. The van der Waals surface area contributed by atoms with Gasteiger partial charge in [0.1, 0.15) is 5.84 Å². The lowest BCUT2D eigenvalue weighted by atomic mass is 10.1. The molecule has 0 bridgehead atoms. The van der Waals surface area contributed by atoms with E-state index in [2.05, 4.69) is 9.98 Å². The zero-order valence-corrected chi connectivity index (χ0v) is 16.5. The second-order valence-corrected chi connectivity index (χ2v) is 6.90. The van der Waals surface area contributed by atoms with E-state index in [-0.39, 0.29) is 18.2 Å². The van der Waals surface area contributed by atoms with Gasteiger partial charge >= 0.3 is 0 Å². The van der Waals surface area contributed by atoms with Crippen molar-refractivity contribution in [3.05, 3.63) is 29.1 Å². The van der Waals surface area contributed by atoms with Gasteiger partial charge in [0, 0.05) is 37.8 Å². The number of nitrogens with zero attached hydrogens (tertiary/aromatic N) is 4. The lowest BCUT2D eigenvalue weighted by Gasteiger charge is -2.21. The smallest absolute Gasteiger partial charge is 0.273 e. The van der Waals surface area contributed by atoms with Crippen LogP contribution in [0.5, 0.6) is 0 Å². The van der Waals surface area contributed by atoms with E-state index < -0.39 is 0 Å². The summed E-state index contributed by atoms with van der Waals surface area (Å²) in [5.74, 6) is 0.0177. The second kappa shape index (κ2) is 8.97. The number of hydrogen-bond donors (Lipinski definition) is 1. The van der Waals surface area contributed by atoms with Crippen LogP contribution in [0, 0.1) is 0 Å². The molecule has 8 heteroatoms. The van der Waals surface area contributed by atoms with E-state index >= 15 is 0 Å². The number of amides is 2. The number of likely N-dealkylation sites (tertiary alicyclic amines) is 1. The van der Waals surface area contributed by atoms with Crippen LogP contribution in [0.3, 0.4) is 0 Å². The Hall–Kier alpha value is -2.74. The Labute approximate surface area is 165 Å². The molecule has 0 saturated carbocycles. The number of carbonyl (C=O) groups excluding carboxylic acids is 2. The first-order valence-electron chi connectivity index (χ1n) is 9.81. The maximum atomic E-state index is 12.9. The maximum Gasteiger partial charge on any atom is 0.273 e. The molecular weight excluding hydrogens is 358 g/mol. The summed E-state index contributed by atoms with van der Waals surface area (Å²) in [7, 11) is 0. The molecule has 1 aromatic rings. The normalized spacial score (nSPS) is 16.1. The third kappa shape index (κ3) is 4.39. The van der Waals surface area contributed by atoms with Crippen molar-refractivity contribution >= 4 is 29.4 Å². The number of nitrogens with two attached hydrogens (primary N) is 1. The van der Waals surface area contributed by atoms with Crippen molar-refractivity contribution in [2.24, 2.45) is 10.7 Å². The van der Waals surface area contributed by atoms with Gasteiger partial charge in [0.15, 0.2) is 0 Å². The Balaban J connectivity index is 1.89. The molecule has 0 unspecified atom stereocenters. The van der Waals surface area contributed by atoms with Crippen LogP contribution in [0.25, 0.3) is 6.08 Å². The van der Waals surface area contributed by atoms with Gasteiger partial charge in [-0.05, 0) is 38.3 Å². The van der Waals surface area contributed by atoms with Crippen molar-refractivity contribution < 1.29 is 14.4 Å². The van der Waals surface area contributed by atoms with Crippen LogP contribution < -0.4 is 5.73 Å². The van der Waals surface area contributed by atoms with Gasteiger partial charge in [-0.25, -0.2) is 10.1 Å². The number of amidine groups is 1. The first kappa shape index (κ1) is 20.0. The number of hydrogen-bond acceptors (Lipinski definition) is 6. The predicted octanol–water partition coefficient (Wildman–Crippen LogP) is 2.28. The molecule has 3 rings (SSSR count). The standard InChI is InChI=1S/C20H27N5O3/c1-3-7-25(28-4-2)20(27)14-10-16-17(23-18(21)12-14)11-15(13-22-16)19(26)24-8-5-6-9-24/h10-11,13H,3-9,12H2,1-2H3,(H2,21,23). The summed E-state index contributed by atoms with van der Waals surface area (Å²) in [5.41, 5.74) is 8.03. The minimum atomic E-state index is -0.242. The van der Waals surface area contributed by atoms with Crippen molar-refractivity contribution in [2.75, 3.05) is 26.2 Å². The largest absolute Gasteiger partial charge is 0.387 e. The van der Waals surface area contributed by atoms with Crippen molar-refractivity contribution in [2.45, 2.75) is 39.5 Å². The Morgan fingerprint density at radius 3 is 2.71 bits per heavy atom. The van der Waals surface area contributed by atoms with E-state index in [0.29, 0.717) is 41.5 Å². The lowest BCUT2D eigenvalue weighted by Crippen LogP contribution is -2.34. The van der Waals surface area contributed by atoms with Crippen molar-refractivity contribution in [1.29, 1.82) is 0 Å². The molecule has 0 aliphatic carbocycles. The fraction of sp³-hybridized carbons (Fsp3) is 0.500. The minimum Gasteiger partial charge on any atom is -0.387 e. The monoisotopic (exact) mass is 385 g/mol. The summed E-state index contributed by atoms with van der Waals surface area (Å²) < 4.78 is 0. The van der Waals surface area contributed by atoms with Gasteiger partial charge in [0.05, 0.1) is 23.6 Å². The molecule has 2 aliphatic rings. The fourth-order valence-electron chi connectivity index (χ4n) is 3.37. The van der Waals surface area contributed by atoms with E-state index in [1.54, 1.807) is 18.3 Å². The zero-order chi connectivity index (χ0) is 20.1. The lowest BCUT2D eigenvalue weighted by molar-refractivity contribution is -0.180. The van der Waals surface area contributed by atoms with E-state index in [1.807, 2.05) is 18.7 Å². The van der Waals surface area contributed by atoms with Crippen LogP contribution in [-0.4, -0.2) is 58.8 Å². The zero-order valence-electron chi connectivity index (χ0n) is 16.5. The van der Waals surface area contributed by atoms with E-state index in [0.717, 1.165) is 32.4 Å². The maximum absolute atomic E-state index is 12.9. The van der Waals surface area contributed by atoms with Crippen LogP contribution in [-0.2, 0) is 9.63 Å². The molecule has 2 N–H and O–H groups in total. The highest BCUT2D eigenvalue weighted by atomic mass is 16.7. The number of fused-ring (bicyclic) bond motifs is 1. The van der Waals surface area contributed by atoms with Crippen molar-refractivity contribution in [3.63, 3.8) is 0 Å². The van der Waals surface area contributed by atoms with Crippen molar-refractivity contribution in [1.82, 2.24) is 14.9 Å². The Morgan fingerprint density at radius 2 is 2.04 bits per heavy atom. The quantitative estimate of drug-likeness (QED) is 0.757. The topological polar surface area (TPSA) is 101 Å². The average Bonchev–Trinajstić information content (AvgIpc) is 3.16. The van der Waals surface area contributed by atoms with Crippen molar-refractivity contribution in [3.8, 4) is 0 Å². The van der Waals surface area contributed by atoms with Crippen LogP contribution in [0.2, 0.25) is 0 Å². The predicted molar refractivity (Wildman–Crippen MR) is 107 cm³/mol. The summed E-state index contributed by atoms with van der Waals surface area (Å²) >= 11 is 0. The van der Waals surface area contributed by atoms with Gasteiger partial charge in [0.25, 0.3) is 11.8 Å². The molecule has 3 heterocycles. The molecular formula is C20H27N5O3. The molecule has 8 nitrogen and oxygen atoms in total. The first-order chi connectivity index (χ1) is 13.5. The van der Waals surface area contributed by atoms with Gasteiger partial charge < -0.3 is 10.6 Å². The minimum absolute atomic E-state index is 0.0448. The fourth-order valence-corrected chi connectivity index (χ4v) is 3.37. The molecule has 1 saturated heterocycles. The Bertz CT molecular complexity index is 806. The molecule has 2 amide bonds. The highest BCUT2D eigenvalue weighted by molar-refractivity contribution is 6.05. The van der Waals surface area contributed by atoms with Crippen LogP contribution >= 0.6 is 0 Å². The molecule has 0 atom stereocenters. The van der Waals surface area contributed by atoms with E-state index in [9.17, 15) is 9.59 Å². The average molecular weight is 385 g/mol. The van der Waals surface area contributed by atoms with Gasteiger partial charge in [0.2, 0.25) is 0 Å². The highest BCUT2D eigenvalue weighted by Crippen LogP contribution is 2.27. The highest BCUT2D eigenvalue weighted by Gasteiger charge is 2.24. The summed E-state index contributed by atoms with van der Waals surface area (Å²) in [4.78, 5) is 41.6. The SMILES string of the molecule is CCCN(OCC)C(=O)C1=Cc2ncc(C(=O)N3CCCC3)cc2N=C(N)C1. The molecule has 0 spiro atoms. The van der Waals surface area contributed by atoms with Gasteiger partial charge in [-0.3, -0.25) is 19.4 Å². The van der Waals surface area contributed by atoms with E-state index in [1.165, 1.54) is 5.06 Å². The molecule has 1 aromatic heterocycles. The first-order valence-corrected chi connectivity index (χ1v) is 9.81. The molecule has 0 aromatic carbocycles. The number of hydroxylamine groups is 2. The molecule has 2 aliphatic heterocycles. The van der Waals surface area contributed by atoms with Gasteiger partial charge in [-0.15, -0.1) is 0 Å². The van der Waals surface area contributed by atoms with Crippen LogP contribution in [0.1, 0.15) is 55.6 Å². The molecule has 28 heavy (non-hydrogen) atoms. The molecule has 0 radical (unpaired) electrons. The Kier molecular flexibility index (Phi) is 6.41. The summed E-state index contributed by atoms with van der Waals surface area (Å²) in [6.07, 6.45) is 6.26. The number of pyridine rings is 1. The number of aliphatic imine (C=N–C) groups is 1. The third-order valence-corrected chi connectivity index (χ3v) is 4.70. The summed E-state index contributed by atoms with van der Waals surface area (Å²) in [5, 5.41) is 1.36. The van der Waals surface area contributed by atoms with Gasteiger partial charge in [-0.1, -0.05) is 6.92 Å². The van der Waals surface area contributed by atoms with E-state index in [4.69, 9.17) is 10.6 Å². The van der Waals surface area contributed by atoms with Crippen LogP contribution in [0.15, 0.2) is 22.8 Å². The summed E-state index contributed by atoms with van der Waals surface area (Å²) in [6, 6.07) is 1.70. The number of aromatic nitrogens is 1.